The van der Waals surface area contributed by atoms with E-state index in [9.17, 15) is 0 Å². The molecule has 2 saturated carbocycles. The summed E-state index contributed by atoms with van der Waals surface area (Å²) in [4.78, 5) is 0. The zero-order valence-electron chi connectivity index (χ0n) is 15.4. The van der Waals surface area contributed by atoms with Gasteiger partial charge in [-0.25, -0.2) is 0 Å². The third-order valence-electron chi connectivity index (χ3n) is 7.02. The maximum atomic E-state index is 2.49. The normalized spacial score (nSPS) is 29.6. The second kappa shape index (κ2) is 7.86. The minimum Gasteiger partial charge on any atom is -0.0654 e. The third kappa shape index (κ3) is 3.67. The SMILES string of the molecule is CCC[C@H]1CC[C@](c2ccc(CC)cc2)(C2CCCCC2)CC1. The molecule has 128 valence electrons. The summed E-state index contributed by atoms with van der Waals surface area (Å²) in [6, 6.07) is 9.79. The first-order valence-electron chi connectivity index (χ1n) is 10.4. The Morgan fingerprint density at radius 2 is 1.52 bits per heavy atom. The lowest BCUT2D eigenvalue weighted by molar-refractivity contribution is 0.120. The van der Waals surface area contributed by atoms with Gasteiger partial charge in [-0.3, -0.25) is 0 Å². The van der Waals surface area contributed by atoms with Crippen molar-refractivity contribution in [2.24, 2.45) is 11.8 Å². The highest BCUT2D eigenvalue weighted by atomic mass is 14.5. The van der Waals surface area contributed by atoms with Crippen LogP contribution in [-0.4, -0.2) is 0 Å². The van der Waals surface area contributed by atoms with Gasteiger partial charge in [0.25, 0.3) is 0 Å². The smallest absolute Gasteiger partial charge is 0.00185 e. The Morgan fingerprint density at radius 1 is 0.870 bits per heavy atom. The van der Waals surface area contributed by atoms with Gasteiger partial charge in [-0.2, -0.15) is 0 Å². The molecule has 0 saturated heterocycles. The fraction of sp³-hybridized carbons (Fsp3) is 0.739. The number of hydrogen-bond acceptors (Lipinski definition) is 0. The number of aryl methyl sites for hydroxylation is 1. The number of benzene rings is 1. The van der Waals surface area contributed by atoms with Crippen LogP contribution in [0.1, 0.15) is 95.6 Å². The van der Waals surface area contributed by atoms with Crippen molar-refractivity contribution in [2.45, 2.75) is 96.3 Å². The Morgan fingerprint density at radius 3 is 2.09 bits per heavy atom. The van der Waals surface area contributed by atoms with Gasteiger partial charge < -0.3 is 0 Å². The summed E-state index contributed by atoms with van der Waals surface area (Å²) < 4.78 is 0. The molecule has 0 bridgehead atoms. The highest BCUT2D eigenvalue weighted by Crippen LogP contribution is 2.51. The maximum Gasteiger partial charge on any atom is -0.00185 e. The van der Waals surface area contributed by atoms with Gasteiger partial charge in [-0.05, 0) is 73.3 Å². The summed E-state index contributed by atoms with van der Waals surface area (Å²) in [5, 5.41) is 0. The summed E-state index contributed by atoms with van der Waals surface area (Å²) in [5.41, 5.74) is 3.68. The van der Waals surface area contributed by atoms with E-state index in [0.717, 1.165) is 18.3 Å². The van der Waals surface area contributed by atoms with Crippen molar-refractivity contribution in [3.63, 3.8) is 0 Å². The van der Waals surface area contributed by atoms with Crippen LogP contribution >= 0.6 is 0 Å². The first-order valence-corrected chi connectivity index (χ1v) is 10.4. The summed E-state index contributed by atoms with van der Waals surface area (Å²) in [5.74, 6) is 1.96. The van der Waals surface area contributed by atoms with Gasteiger partial charge in [0, 0.05) is 0 Å². The summed E-state index contributed by atoms with van der Waals surface area (Å²) in [7, 11) is 0. The molecular formula is C23H36. The predicted octanol–water partition coefficient (Wildman–Crippen LogP) is 7.06. The molecule has 23 heavy (non-hydrogen) atoms. The molecule has 0 aliphatic heterocycles. The van der Waals surface area contributed by atoms with Gasteiger partial charge in [0.1, 0.15) is 0 Å². The van der Waals surface area contributed by atoms with Crippen LogP contribution in [0, 0.1) is 11.8 Å². The van der Waals surface area contributed by atoms with Gasteiger partial charge in [0.05, 0.1) is 0 Å². The third-order valence-corrected chi connectivity index (χ3v) is 7.02. The quantitative estimate of drug-likeness (QED) is 0.546. The molecular weight excluding hydrogens is 276 g/mol. The maximum absolute atomic E-state index is 2.49. The van der Waals surface area contributed by atoms with Crippen LogP contribution in [0.15, 0.2) is 24.3 Å². The van der Waals surface area contributed by atoms with Crippen molar-refractivity contribution >= 4 is 0 Å². The van der Waals surface area contributed by atoms with Crippen LogP contribution in [0.5, 0.6) is 0 Å². The fourth-order valence-corrected chi connectivity index (χ4v) is 5.55. The van der Waals surface area contributed by atoms with E-state index < -0.39 is 0 Å². The van der Waals surface area contributed by atoms with Crippen molar-refractivity contribution in [3.8, 4) is 0 Å². The van der Waals surface area contributed by atoms with Gasteiger partial charge in [0.2, 0.25) is 0 Å². The Kier molecular flexibility index (Phi) is 5.83. The predicted molar refractivity (Wildman–Crippen MR) is 101 cm³/mol. The molecule has 1 aromatic carbocycles. The van der Waals surface area contributed by atoms with E-state index in [4.69, 9.17) is 0 Å². The van der Waals surface area contributed by atoms with Crippen molar-refractivity contribution in [3.05, 3.63) is 35.4 Å². The standard InChI is InChI=1S/C23H36/c1-3-8-20-15-17-23(18-16-20,21-9-6-5-7-10-21)22-13-11-19(4-2)12-14-22/h11-14,20-21H,3-10,15-18H2,1-2H3/t20-,23+. The van der Waals surface area contributed by atoms with E-state index in [0.29, 0.717) is 5.41 Å². The van der Waals surface area contributed by atoms with Crippen molar-refractivity contribution in [1.29, 1.82) is 0 Å². The minimum absolute atomic E-state index is 0.511. The highest BCUT2D eigenvalue weighted by Gasteiger charge is 2.42. The van der Waals surface area contributed by atoms with Gasteiger partial charge >= 0.3 is 0 Å². The lowest BCUT2D eigenvalue weighted by atomic mass is 9.57. The zero-order chi connectivity index (χ0) is 16.1. The summed E-state index contributed by atoms with van der Waals surface area (Å²) >= 11 is 0. The van der Waals surface area contributed by atoms with E-state index in [2.05, 4.69) is 38.1 Å². The highest BCUT2D eigenvalue weighted by molar-refractivity contribution is 5.31. The summed E-state index contributed by atoms with van der Waals surface area (Å²) in [6.45, 7) is 4.62. The molecule has 0 N–H and O–H groups in total. The molecule has 3 rings (SSSR count). The molecule has 0 radical (unpaired) electrons. The number of hydrogen-bond donors (Lipinski definition) is 0. The van der Waals surface area contributed by atoms with E-state index in [1.165, 1.54) is 76.2 Å². The van der Waals surface area contributed by atoms with Gasteiger partial charge in [-0.15, -0.1) is 0 Å². The molecule has 0 nitrogen and oxygen atoms in total. The van der Waals surface area contributed by atoms with Crippen LogP contribution in [0.25, 0.3) is 0 Å². The van der Waals surface area contributed by atoms with E-state index >= 15 is 0 Å². The Balaban J connectivity index is 1.84. The van der Waals surface area contributed by atoms with E-state index in [1.54, 1.807) is 5.56 Å². The molecule has 2 fully saturated rings. The van der Waals surface area contributed by atoms with Crippen LogP contribution in [0.4, 0.5) is 0 Å². The monoisotopic (exact) mass is 312 g/mol. The molecule has 0 aromatic heterocycles. The molecule has 2 aliphatic carbocycles. The molecule has 0 spiro atoms. The lowest BCUT2D eigenvalue weighted by Gasteiger charge is -2.48. The number of rotatable bonds is 5. The van der Waals surface area contributed by atoms with Crippen LogP contribution in [-0.2, 0) is 11.8 Å². The topological polar surface area (TPSA) is 0 Å². The molecule has 0 unspecified atom stereocenters. The Labute approximate surface area is 144 Å². The second-order valence-electron chi connectivity index (χ2n) is 8.27. The first kappa shape index (κ1) is 17.1. The molecule has 2 aliphatic rings. The average molecular weight is 313 g/mol. The molecule has 0 heterocycles. The van der Waals surface area contributed by atoms with E-state index in [-0.39, 0.29) is 0 Å². The Hall–Kier alpha value is -0.780. The Bertz CT molecular complexity index is 455. The van der Waals surface area contributed by atoms with Crippen LogP contribution in [0.2, 0.25) is 0 Å². The van der Waals surface area contributed by atoms with E-state index in [1.807, 2.05) is 0 Å². The van der Waals surface area contributed by atoms with Crippen LogP contribution < -0.4 is 0 Å². The average Bonchev–Trinajstić information content (AvgIpc) is 2.64. The first-order chi connectivity index (χ1) is 11.3. The fourth-order valence-electron chi connectivity index (χ4n) is 5.55. The van der Waals surface area contributed by atoms with Crippen molar-refractivity contribution in [1.82, 2.24) is 0 Å². The minimum atomic E-state index is 0.511. The lowest BCUT2D eigenvalue weighted by Crippen LogP contribution is -2.40. The van der Waals surface area contributed by atoms with Gasteiger partial charge in [0.15, 0.2) is 0 Å². The summed E-state index contributed by atoms with van der Waals surface area (Å²) in [6.07, 6.45) is 17.2. The van der Waals surface area contributed by atoms with Crippen molar-refractivity contribution in [2.75, 3.05) is 0 Å². The molecule has 0 amide bonds. The molecule has 0 atom stereocenters. The zero-order valence-corrected chi connectivity index (χ0v) is 15.4. The molecule has 0 heteroatoms. The van der Waals surface area contributed by atoms with Crippen LogP contribution in [0.3, 0.4) is 0 Å². The largest absolute Gasteiger partial charge is 0.0654 e. The second-order valence-corrected chi connectivity index (χ2v) is 8.27. The van der Waals surface area contributed by atoms with Gasteiger partial charge in [-0.1, -0.05) is 70.2 Å². The van der Waals surface area contributed by atoms with Crippen molar-refractivity contribution < 1.29 is 0 Å². The molecule has 1 aromatic rings.